The van der Waals surface area contributed by atoms with Crippen molar-refractivity contribution in [1.82, 2.24) is 10.1 Å². The predicted octanol–water partition coefficient (Wildman–Crippen LogP) is 4.77. The number of hydrogen-bond donors (Lipinski definition) is 1. The van der Waals surface area contributed by atoms with Gasteiger partial charge >= 0.3 is 0 Å². The number of aryl methyl sites for hydroxylation is 1. The van der Waals surface area contributed by atoms with E-state index in [1.807, 2.05) is 25.1 Å². The number of thiophene rings is 1. The Kier molecular flexibility index (Phi) is 3.54. The highest BCUT2D eigenvalue weighted by molar-refractivity contribution is 9.10. The molecule has 102 valence electrons. The molecule has 7 heteroatoms. The number of benzene rings is 1. The first-order valence-electron chi connectivity index (χ1n) is 5.70. The number of halogens is 2. The van der Waals surface area contributed by atoms with Crippen molar-refractivity contribution in [2.24, 2.45) is 0 Å². The summed E-state index contributed by atoms with van der Waals surface area (Å²) in [7, 11) is 0. The first kappa shape index (κ1) is 13.6. The van der Waals surface area contributed by atoms with Crippen LogP contribution in [0.5, 0.6) is 0 Å². The molecule has 4 nitrogen and oxygen atoms in total. The Morgan fingerprint density at radius 1 is 1.35 bits per heavy atom. The van der Waals surface area contributed by atoms with Crippen LogP contribution in [0.2, 0.25) is 5.02 Å². The number of nitrogens with two attached hydrogens (primary N) is 1. The van der Waals surface area contributed by atoms with Gasteiger partial charge in [0.25, 0.3) is 5.89 Å². The van der Waals surface area contributed by atoms with Gasteiger partial charge < -0.3 is 10.3 Å². The molecule has 0 saturated carbocycles. The molecule has 0 atom stereocenters. The standard InChI is InChI=1S/C13H9BrClN3OS/c1-6-4-8(11(16)20-6)13-17-12(18-19-13)7-2-3-10(15)9(14)5-7/h2-5H,16H2,1H3. The molecular formula is C13H9BrClN3OS. The fourth-order valence-electron chi connectivity index (χ4n) is 1.78. The molecule has 0 saturated heterocycles. The summed E-state index contributed by atoms with van der Waals surface area (Å²) in [5.41, 5.74) is 7.53. The van der Waals surface area contributed by atoms with Gasteiger partial charge in [0.05, 0.1) is 15.6 Å². The second-order valence-electron chi connectivity index (χ2n) is 4.19. The molecule has 0 bridgehead atoms. The molecule has 0 radical (unpaired) electrons. The van der Waals surface area contributed by atoms with Gasteiger partial charge in [-0.25, -0.2) is 0 Å². The normalized spacial score (nSPS) is 10.9. The minimum atomic E-state index is 0.424. The quantitative estimate of drug-likeness (QED) is 0.705. The molecule has 0 aliphatic rings. The van der Waals surface area contributed by atoms with Crippen LogP contribution < -0.4 is 5.73 Å². The molecule has 3 aromatic rings. The van der Waals surface area contributed by atoms with E-state index in [0.29, 0.717) is 21.7 Å². The Labute approximate surface area is 132 Å². The summed E-state index contributed by atoms with van der Waals surface area (Å²) in [6, 6.07) is 7.40. The van der Waals surface area contributed by atoms with Crippen LogP contribution in [0, 0.1) is 6.92 Å². The van der Waals surface area contributed by atoms with Crippen LogP contribution in [-0.4, -0.2) is 10.1 Å². The summed E-state index contributed by atoms with van der Waals surface area (Å²) < 4.78 is 6.07. The second-order valence-corrected chi connectivity index (χ2v) is 6.74. The fourth-order valence-corrected chi connectivity index (χ4v) is 3.06. The molecule has 0 amide bonds. The highest BCUT2D eigenvalue weighted by Crippen LogP contribution is 2.34. The Morgan fingerprint density at radius 2 is 2.15 bits per heavy atom. The Morgan fingerprint density at radius 3 is 2.80 bits per heavy atom. The van der Waals surface area contributed by atoms with E-state index in [2.05, 4.69) is 26.1 Å². The minimum Gasteiger partial charge on any atom is -0.390 e. The molecule has 2 N–H and O–H groups in total. The van der Waals surface area contributed by atoms with Gasteiger partial charge in [0.15, 0.2) is 0 Å². The molecule has 2 heterocycles. The SMILES string of the molecule is Cc1cc(-c2nc(-c3ccc(Cl)c(Br)c3)no2)c(N)s1. The zero-order chi connectivity index (χ0) is 14.3. The van der Waals surface area contributed by atoms with E-state index < -0.39 is 0 Å². The monoisotopic (exact) mass is 369 g/mol. The van der Waals surface area contributed by atoms with E-state index in [0.717, 1.165) is 20.5 Å². The van der Waals surface area contributed by atoms with Gasteiger partial charge in [-0.05, 0) is 47.1 Å². The van der Waals surface area contributed by atoms with Crippen molar-refractivity contribution in [3.63, 3.8) is 0 Å². The van der Waals surface area contributed by atoms with E-state index >= 15 is 0 Å². The van der Waals surface area contributed by atoms with E-state index in [-0.39, 0.29) is 0 Å². The summed E-state index contributed by atoms with van der Waals surface area (Å²) in [4.78, 5) is 5.48. The van der Waals surface area contributed by atoms with E-state index in [1.54, 1.807) is 6.07 Å². The minimum absolute atomic E-state index is 0.424. The average Bonchev–Trinajstić information content (AvgIpc) is 2.99. The van der Waals surface area contributed by atoms with Crippen LogP contribution in [-0.2, 0) is 0 Å². The highest BCUT2D eigenvalue weighted by atomic mass is 79.9. The van der Waals surface area contributed by atoms with Gasteiger partial charge in [0.1, 0.15) is 0 Å². The fraction of sp³-hybridized carbons (Fsp3) is 0.0769. The molecule has 2 aromatic heterocycles. The van der Waals surface area contributed by atoms with Crippen molar-refractivity contribution in [1.29, 1.82) is 0 Å². The van der Waals surface area contributed by atoms with Crippen molar-refractivity contribution < 1.29 is 4.52 Å². The highest BCUT2D eigenvalue weighted by Gasteiger charge is 2.15. The van der Waals surface area contributed by atoms with Crippen LogP contribution in [0.1, 0.15) is 4.88 Å². The molecule has 0 fully saturated rings. The molecule has 0 unspecified atom stereocenters. The maximum absolute atomic E-state index is 5.97. The molecule has 1 aromatic carbocycles. The largest absolute Gasteiger partial charge is 0.390 e. The zero-order valence-electron chi connectivity index (χ0n) is 10.4. The molecule has 0 aliphatic heterocycles. The third-order valence-electron chi connectivity index (χ3n) is 2.72. The molecule has 20 heavy (non-hydrogen) atoms. The Bertz CT molecular complexity index is 784. The summed E-state index contributed by atoms with van der Waals surface area (Å²) in [6.07, 6.45) is 0. The lowest BCUT2D eigenvalue weighted by molar-refractivity contribution is 0.432. The van der Waals surface area contributed by atoms with Crippen LogP contribution in [0.25, 0.3) is 22.8 Å². The van der Waals surface area contributed by atoms with Gasteiger partial charge in [-0.2, -0.15) is 4.98 Å². The third kappa shape index (κ3) is 2.46. The van der Waals surface area contributed by atoms with Gasteiger partial charge in [0.2, 0.25) is 5.82 Å². The maximum Gasteiger partial charge on any atom is 0.261 e. The topological polar surface area (TPSA) is 64.9 Å². The van der Waals surface area contributed by atoms with Gasteiger partial charge in [-0.3, -0.25) is 0 Å². The van der Waals surface area contributed by atoms with E-state index in [9.17, 15) is 0 Å². The Hall–Kier alpha value is -1.37. The van der Waals surface area contributed by atoms with Crippen LogP contribution in [0.4, 0.5) is 5.00 Å². The Balaban J connectivity index is 2.01. The lowest BCUT2D eigenvalue weighted by Crippen LogP contribution is -1.84. The van der Waals surface area contributed by atoms with Crippen molar-refractivity contribution in [3.05, 3.63) is 38.6 Å². The van der Waals surface area contributed by atoms with Crippen molar-refractivity contribution in [2.45, 2.75) is 6.92 Å². The smallest absolute Gasteiger partial charge is 0.261 e. The first-order chi connectivity index (χ1) is 9.54. The maximum atomic E-state index is 5.97. The summed E-state index contributed by atoms with van der Waals surface area (Å²) >= 11 is 10.8. The van der Waals surface area contributed by atoms with Crippen LogP contribution in [0.15, 0.2) is 33.3 Å². The predicted molar refractivity (Wildman–Crippen MR) is 84.9 cm³/mol. The summed E-state index contributed by atoms with van der Waals surface area (Å²) in [5.74, 6) is 0.925. The number of anilines is 1. The van der Waals surface area contributed by atoms with Gasteiger partial charge in [-0.15, -0.1) is 11.3 Å². The molecule has 0 aliphatic carbocycles. The number of aromatic nitrogens is 2. The summed E-state index contributed by atoms with van der Waals surface area (Å²) in [6.45, 7) is 1.98. The number of hydrogen-bond acceptors (Lipinski definition) is 5. The molecule has 0 spiro atoms. The molecule has 3 rings (SSSR count). The third-order valence-corrected chi connectivity index (χ3v) is 4.81. The van der Waals surface area contributed by atoms with Gasteiger partial charge in [0, 0.05) is 14.9 Å². The van der Waals surface area contributed by atoms with Crippen molar-refractivity contribution in [2.75, 3.05) is 5.73 Å². The van der Waals surface area contributed by atoms with E-state index in [1.165, 1.54) is 11.3 Å². The average molecular weight is 371 g/mol. The number of nitrogens with zero attached hydrogens (tertiary/aromatic N) is 2. The first-order valence-corrected chi connectivity index (χ1v) is 7.69. The van der Waals surface area contributed by atoms with Crippen LogP contribution in [0.3, 0.4) is 0 Å². The second kappa shape index (κ2) is 5.20. The van der Waals surface area contributed by atoms with Crippen LogP contribution >= 0.6 is 38.9 Å². The number of rotatable bonds is 2. The van der Waals surface area contributed by atoms with Gasteiger partial charge in [-0.1, -0.05) is 16.8 Å². The lowest BCUT2D eigenvalue weighted by atomic mass is 10.2. The number of nitrogen functional groups attached to an aromatic ring is 1. The van der Waals surface area contributed by atoms with E-state index in [4.69, 9.17) is 21.9 Å². The lowest BCUT2D eigenvalue weighted by Gasteiger charge is -1.97. The zero-order valence-corrected chi connectivity index (χ0v) is 13.5. The summed E-state index contributed by atoms with van der Waals surface area (Å²) in [5, 5.41) is 5.29. The molecular weight excluding hydrogens is 362 g/mol. The van der Waals surface area contributed by atoms with Crippen molar-refractivity contribution in [3.8, 4) is 22.8 Å². The van der Waals surface area contributed by atoms with Crippen molar-refractivity contribution >= 4 is 43.9 Å².